The van der Waals surface area contributed by atoms with E-state index in [0.29, 0.717) is 6.54 Å². The van der Waals surface area contributed by atoms with Crippen LogP contribution in [-0.4, -0.2) is 5.91 Å². The summed E-state index contributed by atoms with van der Waals surface area (Å²) < 4.78 is 0. The van der Waals surface area contributed by atoms with Crippen molar-refractivity contribution in [3.63, 3.8) is 0 Å². The standard InChI is InChI=1S/C21H17NO/c1-15-7-2-4-11-19(15)16-9-6-10-18(13-16)22-14-17-8-3-5-12-20(17)21(22)23/h2-13H,14H2,1H3. The first-order valence-electron chi connectivity index (χ1n) is 7.80. The summed E-state index contributed by atoms with van der Waals surface area (Å²) in [4.78, 5) is 14.5. The van der Waals surface area contributed by atoms with Gasteiger partial charge in [0.1, 0.15) is 0 Å². The Morgan fingerprint density at radius 3 is 2.35 bits per heavy atom. The predicted octanol–water partition coefficient (Wildman–Crippen LogP) is 4.82. The van der Waals surface area contributed by atoms with Gasteiger partial charge in [-0.05, 0) is 47.4 Å². The number of aryl methyl sites for hydroxylation is 1. The Labute approximate surface area is 136 Å². The lowest BCUT2D eigenvalue weighted by molar-refractivity contribution is 0.0996. The van der Waals surface area contributed by atoms with Crippen LogP contribution in [0, 0.1) is 6.92 Å². The topological polar surface area (TPSA) is 20.3 Å². The molecule has 0 saturated heterocycles. The first kappa shape index (κ1) is 13.8. The summed E-state index contributed by atoms with van der Waals surface area (Å²) in [5, 5.41) is 0. The Hall–Kier alpha value is -2.87. The van der Waals surface area contributed by atoms with E-state index in [1.165, 1.54) is 11.1 Å². The van der Waals surface area contributed by atoms with Crippen molar-refractivity contribution in [1.82, 2.24) is 0 Å². The van der Waals surface area contributed by atoms with Crippen LogP contribution in [0.2, 0.25) is 0 Å². The smallest absolute Gasteiger partial charge is 0.258 e. The number of carbonyl (C=O) groups is 1. The van der Waals surface area contributed by atoms with Crippen LogP contribution in [0.3, 0.4) is 0 Å². The zero-order chi connectivity index (χ0) is 15.8. The fourth-order valence-corrected chi connectivity index (χ4v) is 3.20. The van der Waals surface area contributed by atoms with E-state index in [1.54, 1.807) is 0 Å². The van der Waals surface area contributed by atoms with Gasteiger partial charge >= 0.3 is 0 Å². The van der Waals surface area contributed by atoms with E-state index >= 15 is 0 Å². The molecule has 1 amide bonds. The minimum Gasteiger partial charge on any atom is -0.304 e. The van der Waals surface area contributed by atoms with Crippen LogP contribution in [0.15, 0.2) is 72.8 Å². The third-order valence-corrected chi connectivity index (χ3v) is 4.44. The molecule has 4 rings (SSSR count). The van der Waals surface area contributed by atoms with Crippen molar-refractivity contribution in [3.05, 3.63) is 89.5 Å². The van der Waals surface area contributed by atoms with Crippen molar-refractivity contribution in [1.29, 1.82) is 0 Å². The van der Waals surface area contributed by atoms with Crippen molar-refractivity contribution in [2.45, 2.75) is 13.5 Å². The van der Waals surface area contributed by atoms with Gasteiger partial charge in [0.2, 0.25) is 0 Å². The predicted molar refractivity (Wildman–Crippen MR) is 93.6 cm³/mol. The van der Waals surface area contributed by atoms with E-state index in [2.05, 4.69) is 31.2 Å². The van der Waals surface area contributed by atoms with E-state index < -0.39 is 0 Å². The van der Waals surface area contributed by atoms with E-state index in [-0.39, 0.29) is 5.91 Å². The van der Waals surface area contributed by atoms with Crippen molar-refractivity contribution in [2.24, 2.45) is 0 Å². The highest BCUT2D eigenvalue weighted by Gasteiger charge is 2.27. The van der Waals surface area contributed by atoms with Crippen molar-refractivity contribution < 1.29 is 4.79 Å². The monoisotopic (exact) mass is 299 g/mol. The van der Waals surface area contributed by atoms with E-state index in [0.717, 1.165) is 22.4 Å². The zero-order valence-electron chi connectivity index (χ0n) is 13.0. The molecule has 3 aromatic carbocycles. The molecular weight excluding hydrogens is 282 g/mol. The number of benzene rings is 3. The van der Waals surface area contributed by atoms with Gasteiger partial charge in [-0.2, -0.15) is 0 Å². The lowest BCUT2D eigenvalue weighted by atomic mass is 10.00. The second kappa shape index (κ2) is 5.40. The van der Waals surface area contributed by atoms with Gasteiger partial charge in [-0.3, -0.25) is 4.79 Å². The number of carbonyl (C=O) groups excluding carboxylic acids is 1. The molecule has 1 heterocycles. The second-order valence-electron chi connectivity index (χ2n) is 5.91. The highest BCUT2D eigenvalue weighted by Crippen LogP contribution is 2.32. The molecule has 0 radical (unpaired) electrons. The van der Waals surface area contributed by atoms with Crippen LogP contribution < -0.4 is 4.90 Å². The SMILES string of the molecule is Cc1ccccc1-c1cccc(N2Cc3ccccc3C2=O)c1. The van der Waals surface area contributed by atoms with Gasteiger partial charge < -0.3 is 4.90 Å². The Morgan fingerprint density at radius 1 is 0.826 bits per heavy atom. The summed E-state index contributed by atoms with van der Waals surface area (Å²) in [5.41, 5.74) is 6.45. The third-order valence-electron chi connectivity index (χ3n) is 4.44. The molecule has 2 nitrogen and oxygen atoms in total. The Morgan fingerprint density at radius 2 is 1.57 bits per heavy atom. The quantitative estimate of drug-likeness (QED) is 0.664. The van der Waals surface area contributed by atoms with Crippen LogP contribution in [0.1, 0.15) is 21.5 Å². The zero-order valence-corrected chi connectivity index (χ0v) is 13.0. The summed E-state index contributed by atoms with van der Waals surface area (Å²) in [6.07, 6.45) is 0. The molecule has 0 bridgehead atoms. The molecule has 23 heavy (non-hydrogen) atoms. The number of nitrogens with zero attached hydrogens (tertiary/aromatic N) is 1. The largest absolute Gasteiger partial charge is 0.304 e. The molecule has 0 N–H and O–H groups in total. The van der Waals surface area contributed by atoms with Crippen LogP contribution in [0.5, 0.6) is 0 Å². The van der Waals surface area contributed by atoms with Gasteiger partial charge in [-0.25, -0.2) is 0 Å². The molecule has 0 spiro atoms. The van der Waals surface area contributed by atoms with E-state index in [4.69, 9.17) is 0 Å². The van der Waals surface area contributed by atoms with Crippen LogP contribution in [0.25, 0.3) is 11.1 Å². The van der Waals surface area contributed by atoms with Crippen LogP contribution in [0.4, 0.5) is 5.69 Å². The Balaban J connectivity index is 1.74. The van der Waals surface area contributed by atoms with Crippen molar-refractivity contribution >= 4 is 11.6 Å². The van der Waals surface area contributed by atoms with Crippen molar-refractivity contribution in [3.8, 4) is 11.1 Å². The summed E-state index contributed by atoms with van der Waals surface area (Å²) in [6.45, 7) is 2.76. The van der Waals surface area contributed by atoms with Gasteiger partial charge in [0, 0.05) is 11.3 Å². The molecule has 1 aliphatic heterocycles. The Kier molecular flexibility index (Phi) is 3.23. The molecule has 1 aliphatic rings. The fourth-order valence-electron chi connectivity index (χ4n) is 3.20. The van der Waals surface area contributed by atoms with Gasteiger partial charge in [0.05, 0.1) is 6.54 Å². The summed E-state index contributed by atoms with van der Waals surface area (Å²) in [5.74, 6) is 0.0857. The minimum absolute atomic E-state index is 0.0857. The van der Waals surface area contributed by atoms with Gasteiger partial charge in [0.15, 0.2) is 0 Å². The first-order valence-corrected chi connectivity index (χ1v) is 7.80. The van der Waals surface area contributed by atoms with Crippen molar-refractivity contribution in [2.75, 3.05) is 4.90 Å². The highest BCUT2D eigenvalue weighted by atomic mass is 16.2. The molecule has 2 heteroatoms. The summed E-state index contributed by atoms with van der Waals surface area (Å²) in [7, 11) is 0. The molecule has 0 atom stereocenters. The number of amides is 1. The molecule has 112 valence electrons. The number of fused-ring (bicyclic) bond motifs is 1. The molecule has 0 unspecified atom stereocenters. The second-order valence-corrected chi connectivity index (χ2v) is 5.91. The number of anilines is 1. The third kappa shape index (κ3) is 2.33. The van der Waals surface area contributed by atoms with Gasteiger partial charge in [-0.15, -0.1) is 0 Å². The van der Waals surface area contributed by atoms with E-state index in [9.17, 15) is 4.79 Å². The molecule has 0 saturated carbocycles. The minimum atomic E-state index is 0.0857. The van der Waals surface area contributed by atoms with E-state index in [1.807, 2.05) is 53.4 Å². The molecule has 3 aromatic rings. The van der Waals surface area contributed by atoms with Gasteiger partial charge in [0.25, 0.3) is 5.91 Å². The number of hydrogen-bond donors (Lipinski definition) is 0. The van der Waals surface area contributed by atoms with Gasteiger partial charge in [-0.1, -0.05) is 54.6 Å². The maximum atomic E-state index is 12.6. The lowest BCUT2D eigenvalue weighted by Crippen LogP contribution is -2.22. The maximum absolute atomic E-state index is 12.6. The normalized spacial score (nSPS) is 13.3. The summed E-state index contributed by atoms with van der Waals surface area (Å²) in [6, 6.07) is 24.4. The molecule has 0 fully saturated rings. The summed E-state index contributed by atoms with van der Waals surface area (Å²) >= 11 is 0. The molecule has 0 aliphatic carbocycles. The highest BCUT2D eigenvalue weighted by molar-refractivity contribution is 6.10. The maximum Gasteiger partial charge on any atom is 0.258 e. The average molecular weight is 299 g/mol. The molecular formula is C21H17NO. The van der Waals surface area contributed by atoms with Crippen LogP contribution >= 0.6 is 0 Å². The first-order chi connectivity index (χ1) is 11.2. The number of rotatable bonds is 2. The lowest BCUT2D eigenvalue weighted by Gasteiger charge is -2.17. The van der Waals surface area contributed by atoms with Crippen LogP contribution in [-0.2, 0) is 6.54 Å². The average Bonchev–Trinajstić information content (AvgIpc) is 2.93. The Bertz CT molecular complexity index is 898. The fraction of sp³-hybridized carbons (Fsp3) is 0.0952. The molecule has 0 aromatic heterocycles. The number of hydrogen-bond acceptors (Lipinski definition) is 1.